The van der Waals surface area contributed by atoms with Gasteiger partial charge < -0.3 is 10.0 Å². The van der Waals surface area contributed by atoms with Gasteiger partial charge in [0.1, 0.15) is 0 Å². The fraction of sp³-hybridized carbons (Fsp3) is 0.900. The van der Waals surface area contributed by atoms with Gasteiger partial charge in [0.05, 0.1) is 0 Å². The minimum absolute atomic E-state index is 0.111. The predicted molar refractivity (Wildman–Crippen MR) is 59.4 cm³/mol. The van der Waals surface area contributed by atoms with E-state index in [9.17, 15) is 4.79 Å². The molecule has 0 aromatic heterocycles. The van der Waals surface area contributed by atoms with E-state index in [0.29, 0.717) is 23.3 Å². The van der Waals surface area contributed by atoms with E-state index in [1.54, 1.807) is 0 Å². The molecule has 14 heavy (non-hydrogen) atoms. The Balaban J connectivity index is 2.38. The fourth-order valence-electron chi connectivity index (χ4n) is 1.77. The van der Waals surface area contributed by atoms with Gasteiger partial charge in [0.25, 0.3) is 0 Å². The Morgan fingerprint density at radius 3 is 2.50 bits per heavy atom. The van der Waals surface area contributed by atoms with Gasteiger partial charge in [-0.05, 0) is 6.42 Å². The summed E-state index contributed by atoms with van der Waals surface area (Å²) in [5.74, 6) is 0.193. The maximum absolute atomic E-state index is 11.7. The highest BCUT2D eigenvalue weighted by Crippen LogP contribution is 2.24. The largest absolute Gasteiger partial charge is 0.396 e. The van der Waals surface area contributed by atoms with E-state index >= 15 is 0 Å². The number of hydrogen-bond acceptors (Lipinski definition) is 3. The molecule has 1 aliphatic heterocycles. The number of rotatable bonds is 3. The Morgan fingerprint density at radius 2 is 2.00 bits per heavy atom. The lowest BCUT2D eigenvalue weighted by Crippen LogP contribution is -2.44. The third-order valence-electron chi connectivity index (χ3n) is 2.32. The van der Waals surface area contributed by atoms with Gasteiger partial charge in [-0.1, -0.05) is 13.8 Å². The van der Waals surface area contributed by atoms with Crippen molar-refractivity contribution in [2.45, 2.75) is 37.2 Å². The standard InChI is InChI=1S/C10H19NO2S/c1-8-6-11(7-9(2)14-8)10(13)4-3-5-12/h8-9,12H,3-7H2,1-2H3. The first-order valence-corrected chi connectivity index (χ1v) is 6.12. The van der Waals surface area contributed by atoms with Crippen molar-refractivity contribution in [2.75, 3.05) is 19.7 Å². The van der Waals surface area contributed by atoms with Gasteiger partial charge in [0, 0.05) is 36.6 Å². The van der Waals surface area contributed by atoms with E-state index in [1.807, 2.05) is 16.7 Å². The van der Waals surface area contributed by atoms with Crippen LogP contribution in [-0.2, 0) is 4.79 Å². The van der Waals surface area contributed by atoms with Crippen LogP contribution in [0, 0.1) is 0 Å². The molecule has 3 nitrogen and oxygen atoms in total. The summed E-state index contributed by atoms with van der Waals surface area (Å²) in [5, 5.41) is 9.72. The summed E-state index contributed by atoms with van der Waals surface area (Å²) in [6.45, 7) is 6.15. The average Bonchev–Trinajstić information content (AvgIpc) is 2.12. The van der Waals surface area contributed by atoms with E-state index in [1.165, 1.54) is 0 Å². The second kappa shape index (κ2) is 5.61. The molecule has 0 bridgehead atoms. The number of aliphatic hydroxyl groups is 1. The molecular formula is C10H19NO2S. The van der Waals surface area contributed by atoms with Crippen LogP contribution < -0.4 is 0 Å². The third-order valence-corrected chi connectivity index (χ3v) is 3.55. The lowest BCUT2D eigenvalue weighted by atomic mass is 10.2. The summed E-state index contributed by atoms with van der Waals surface area (Å²) in [7, 11) is 0. The molecule has 2 unspecified atom stereocenters. The third kappa shape index (κ3) is 3.50. The molecule has 1 amide bonds. The fourth-order valence-corrected chi connectivity index (χ4v) is 3.10. The number of thioether (sulfide) groups is 1. The van der Waals surface area contributed by atoms with Crippen molar-refractivity contribution in [1.82, 2.24) is 4.90 Å². The first kappa shape index (κ1) is 11.9. The molecule has 0 saturated carbocycles. The van der Waals surface area contributed by atoms with Crippen LogP contribution in [0.5, 0.6) is 0 Å². The van der Waals surface area contributed by atoms with Crippen molar-refractivity contribution in [1.29, 1.82) is 0 Å². The molecule has 1 saturated heterocycles. The lowest BCUT2D eigenvalue weighted by Gasteiger charge is -2.34. The first-order valence-electron chi connectivity index (χ1n) is 5.17. The molecule has 0 aromatic carbocycles. The Bertz CT molecular complexity index is 189. The zero-order valence-corrected chi connectivity index (χ0v) is 9.72. The summed E-state index contributed by atoms with van der Waals surface area (Å²) >= 11 is 1.94. The maximum atomic E-state index is 11.7. The summed E-state index contributed by atoms with van der Waals surface area (Å²) in [6, 6.07) is 0. The van der Waals surface area contributed by atoms with Crippen molar-refractivity contribution < 1.29 is 9.90 Å². The number of aliphatic hydroxyl groups excluding tert-OH is 1. The number of carbonyl (C=O) groups excluding carboxylic acids is 1. The quantitative estimate of drug-likeness (QED) is 0.770. The Kier molecular flexibility index (Phi) is 4.75. The van der Waals surface area contributed by atoms with Crippen molar-refractivity contribution in [3.63, 3.8) is 0 Å². The Labute approximate surface area is 89.9 Å². The minimum atomic E-state index is 0.111. The van der Waals surface area contributed by atoms with Crippen LogP contribution in [0.2, 0.25) is 0 Å². The summed E-state index contributed by atoms with van der Waals surface area (Å²) in [5.41, 5.74) is 0. The molecule has 1 rings (SSSR count). The first-order chi connectivity index (χ1) is 6.63. The van der Waals surface area contributed by atoms with Crippen LogP contribution in [0.4, 0.5) is 0 Å². The smallest absolute Gasteiger partial charge is 0.222 e. The molecular weight excluding hydrogens is 198 g/mol. The van der Waals surface area contributed by atoms with Crippen LogP contribution in [0.15, 0.2) is 0 Å². The summed E-state index contributed by atoms with van der Waals surface area (Å²) in [6.07, 6.45) is 1.08. The zero-order chi connectivity index (χ0) is 10.6. The van der Waals surface area contributed by atoms with Gasteiger partial charge in [-0.15, -0.1) is 0 Å². The molecule has 0 radical (unpaired) electrons. The van der Waals surface area contributed by atoms with Crippen LogP contribution >= 0.6 is 11.8 Å². The molecule has 0 aromatic rings. The number of amides is 1. The van der Waals surface area contributed by atoms with Crippen LogP contribution in [0.1, 0.15) is 26.7 Å². The number of carbonyl (C=O) groups is 1. The van der Waals surface area contributed by atoms with Crippen molar-refractivity contribution in [3.8, 4) is 0 Å². The van der Waals surface area contributed by atoms with Crippen molar-refractivity contribution in [2.24, 2.45) is 0 Å². The Morgan fingerprint density at radius 1 is 1.43 bits per heavy atom. The monoisotopic (exact) mass is 217 g/mol. The number of hydrogen-bond donors (Lipinski definition) is 1. The van der Waals surface area contributed by atoms with Gasteiger partial charge >= 0.3 is 0 Å². The predicted octanol–water partition coefficient (Wildman–Crippen LogP) is 1.11. The topological polar surface area (TPSA) is 40.5 Å². The SMILES string of the molecule is CC1CN(C(=O)CCCO)CC(C)S1. The zero-order valence-electron chi connectivity index (χ0n) is 8.90. The molecule has 0 spiro atoms. The second-order valence-corrected chi connectivity index (χ2v) is 5.76. The molecule has 1 fully saturated rings. The van der Waals surface area contributed by atoms with Crippen LogP contribution in [0.25, 0.3) is 0 Å². The van der Waals surface area contributed by atoms with E-state index in [2.05, 4.69) is 13.8 Å². The van der Waals surface area contributed by atoms with E-state index in [4.69, 9.17) is 5.11 Å². The van der Waals surface area contributed by atoms with Crippen molar-refractivity contribution >= 4 is 17.7 Å². The van der Waals surface area contributed by atoms with Gasteiger partial charge in [-0.25, -0.2) is 0 Å². The summed E-state index contributed by atoms with van der Waals surface area (Å²) < 4.78 is 0. The normalized spacial score (nSPS) is 27.8. The van der Waals surface area contributed by atoms with Gasteiger partial charge in [0.2, 0.25) is 5.91 Å². The molecule has 0 aliphatic carbocycles. The van der Waals surface area contributed by atoms with Crippen LogP contribution in [0.3, 0.4) is 0 Å². The highest BCUT2D eigenvalue weighted by atomic mass is 32.2. The lowest BCUT2D eigenvalue weighted by molar-refractivity contribution is -0.131. The molecule has 1 aliphatic rings. The van der Waals surface area contributed by atoms with Gasteiger partial charge in [0.15, 0.2) is 0 Å². The summed E-state index contributed by atoms with van der Waals surface area (Å²) in [4.78, 5) is 13.6. The molecule has 82 valence electrons. The maximum Gasteiger partial charge on any atom is 0.222 e. The number of nitrogens with zero attached hydrogens (tertiary/aromatic N) is 1. The van der Waals surface area contributed by atoms with Crippen molar-refractivity contribution in [3.05, 3.63) is 0 Å². The second-order valence-electron chi connectivity index (χ2n) is 3.88. The Hall–Kier alpha value is -0.220. The molecule has 1 heterocycles. The average molecular weight is 217 g/mol. The molecule has 2 atom stereocenters. The van der Waals surface area contributed by atoms with E-state index in [-0.39, 0.29) is 12.5 Å². The molecule has 4 heteroatoms. The highest BCUT2D eigenvalue weighted by molar-refractivity contribution is 8.00. The minimum Gasteiger partial charge on any atom is -0.396 e. The van der Waals surface area contributed by atoms with Gasteiger partial charge in [-0.3, -0.25) is 4.79 Å². The highest BCUT2D eigenvalue weighted by Gasteiger charge is 2.25. The van der Waals surface area contributed by atoms with Gasteiger partial charge in [-0.2, -0.15) is 11.8 Å². The van der Waals surface area contributed by atoms with E-state index in [0.717, 1.165) is 13.1 Å². The van der Waals surface area contributed by atoms with E-state index < -0.39 is 0 Å². The molecule has 1 N–H and O–H groups in total. The van der Waals surface area contributed by atoms with Crippen LogP contribution in [-0.4, -0.2) is 46.1 Å².